The summed E-state index contributed by atoms with van der Waals surface area (Å²) in [6, 6.07) is 14.4. The molecule has 0 spiro atoms. The lowest BCUT2D eigenvalue weighted by molar-refractivity contribution is -0.146. The van der Waals surface area contributed by atoms with Gasteiger partial charge in [-0.1, -0.05) is 79.8 Å². The predicted octanol–water partition coefficient (Wildman–Crippen LogP) is 10.1. The number of benzene rings is 4. The highest BCUT2D eigenvalue weighted by Crippen LogP contribution is 2.40. The largest absolute Gasteiger partial charge is 0.493 e. The molecule has 3 fully saturated rings. The number of aryl methyl sites for hydroxylation is 2. The van der Waals surface area contributed by atoms with Gasteiger partial charge in [0, 0.05) is 36.3 Å². The molecule has 4 aromatic carbocycles. The van der Waals surface area contributed by atoms with Gasteiger partial charge in [-0.3, -0.25) is 0 Å². The minimum absolute atomic E-state index is 0.0302. The second-order valence-corrected chi connectivity index (χ2v) is 19.3. The van der Waals surface area contributed by atoms with Crippen molar-refractivity contribution in [3.8, 4) is 11.5 Å². The lowest BCUT2D eigenvalue weighted by Crippen LogP contribution is -2.54. The molecule has 30 heteroatoms. The molecule has 7 rings (SSSR count). The van der Waals surface area contributed by atoms with Gasteiger partial charge in [0.2, 0.25) is 0 Å². The van der Waals surface area contributed by atoms with Crippen molar-refractivity contribution in [1.82, 2.24) is 14.7 Å². The number of carboxylic acid groups (broad SMARTS) is 3. The van der Waals surface area contributed by atoms with Crippen molar-refractivity contribution in [2.24, 2.45) is 17.7 Å². The van der Waals surface area contributed by atoms with Gasteiger partial charge in [-0.2, -0.15) is 39.5 Å². The summed E-state index contributed by atoms with van der Waals surface area (Å²) in [5.41, 5.74) is -0.510. The van der Waals surface area contributed by atoms with Crippen molar-refractivity contribution in [2.75, 3.05) is 32.8 Å². The van der Waals surface area contributed by atoms with Crippen molar-refractivity contribution in [3.63, 3.8) is 0 Å². The van der Waals surface area contributed by atoms with Crippen LogP contribution in [0.2, 0.25) is 0 Å². The van der Waals surface area contributed by atoms with E-state index in [0.29, 0.717) is 50.9 Å². The zero-order chi connectivity index (χ0) is 63.2. The maximum Gasteiger partial charge on any atom is 0.419 e. The number of aliphatic carboxylic acids is 3. The smallest absolute Gasteiger partial charge is 0.419 e. The van der Waals surface area contributed by atoms with E-state index in [9.17, 15) is 58.3 Å². The van der Waals surface area contributed by atoms with Crippen LogP contribution in [0.15, 0.2) is 90.5 Å². The van der Waals surface area contributed by atoms with Crippen molar-refractivity contribution in [1.29, 1.82) is 0 Å². The molecule has 458 valence electrons. The molecule has 0 bridgehead atoms. The van der Waals surface area contributed by atoms with Gasteiger partial charge >= 0.3 is 36.4 Å². The summed E-state index contributed by atoms with van der Waals surface area (Å²) in [4.78, 5) is 37.8. The van der Waals surface area contributed by atoms with Gasteiger partial charge < -0.3 is 55.1 Å². The third kappa shape index (κ3) is 20.9. The van der Waals surface area contributed by atoms with Gasteiger partial charge in [-0.25, -0.2) is 36.5 Å². The van der Waals surface area contributed by atoms with Crippen LogP contribution >= 0.6 is 36.7 Å². The van der Waals surface area contributed by atoms with E-state index in [1.54, 1.807) is 12.1 Å². The van der Waals surface area contributed by atoms with E-state index in [-0.39, 0.29) is 74.8 Å². The first-order valence-corrected chi connectivity index (χ1v) is 25.9. The monoisotopic (exact) mass is 1240 g/mol. The average Bonchev–Trinajstić information content (AvgIpc) is 2.78. The number of likely N-dealkylation sites (tertiary alicyclic amines) is 3. The molecule has 83 heavy (non-hydrogen) atoms. The van der Waals surface area contributed by atoms with E-state index in [4.69, 9.17) is 77.1 Å². The summed E-state index contributed by atoms with van der Waals surface area (Å²) < 4.78 is 144. The molecule has 0 radical (unpaired) electrons. The predicted molar refractivity (Wildman–Crippen MR) is 295 cm³/mol. The van der Waals surface area contributed by atoms with Gasteiger partial charge in [0.05, 0.1) is 23.3 Å². The van der Waals surface area contributed by atoms with Crippen LogP contribution in [0.5, 0.6) is 11.5 Å². The van der Waals surface area contributed by atoms with Crippen LogP contribution < -0.4 is 27.2 Å². The Morgan fingerprint density at radius 3 is 1.30 bits per heavy atom. The average molecular weight is 1250 g/mol. The lowest BCUT2D eigenvalue weighted by Gasteiger charge is -2.40. The highest BCUT2D eigenvalue weighted by atomic mass is 32.1. The van der Waals surface area contributed by atoms with Crippen LogP contribution in [0.1, 0.15) is 97.4 Å². The molecule has 0 aromatic heterocycles. The van der Waals surface area contributed by atoms with Crippen LogP contribution in [-0.4, -0.2) is 129 Å². The topological polar surface area (TPSA) is 279 Å². The number of thiocarbonyl (C=S) groups is 3. The number of carbonyl (C=O) groups is 3. The number of hydrogen-bond acceptors (Lipinski definition) is 14. The molecule has 12 N–H and O–H groups in total. The number of allylic oxidation sites excluding steroid dienone is 1. The Hall–Kier alpha value is -6.64. The summed E-state index contributed by atoms with van der Waals surface area (Å²) in [5, 5.41) is 46.7. The van der Waals surface area contributed by atoms with E-state index in [2.05, 4.69) is 17.7 Å². The summed E-state index contributed by atoms with van der Waals surface area (Å²) in [7, 11) is 0. The molecular weight excluding hydrogens is 1180 g/mol. The molecule has 3 aliphatic heterocycles. The molecule has 3 aliphatic rings. The maximum atomic E-state index is 13.6. The number of unbranched alkanes of at least 4 members (excludes halogenated alkanes) is 1. The summed E-state index contributed by atoms with van der Waals surface area (Å²) >= 11 is 15.6. The third-order valence-electron chi connectivity index (χ3n) is 12.5. The Morgan fingerprint density at radius 1 is 0.578 bits per heavy atom. The third-order valence-corrected chi connectivity index (χ3v) is 13.9. The number of nitrogens with zero attached hydrogens (tertiary/aromatic N) is 3. The molecule has 3 saturated heterocycles. The standard InChI is InChI=1S/C20H17F4NO2S.C17H18F3NO3S.C16H18F3NO3S.3H3NO/c21-15-3-1-2-12(10-15)4-5-13-6-7-14(11-16(13)20(22,23)24)18(28)25-9-8-17(25)19(26)27;1-10(2)6-8-24-14-4-3-11(9-12(14)17(18,19)20)15(25)21-7-5-13(21)16(22)23;1-2-3-8-23-13-5-4-10(9-11(13)16(17,18)19)14(24)20-7-6-12(20)15(21)22;3*1-2/h1-3,6-7,10-11,17H,4-5,8-9H2,(H,26,27);3-4,6,9,13H,5,7-8H2,1-2H3,(H,22,23);4-5,9,12H,2-3,6-8H2,1H3,(H,21,22);3*2H,1H2/t17-;13-;12-;;;/m111.../s1. The molecule has 0 saturated carbocycles. The Morgan fingerprint density at radius 2 is 0.964 bits per heavy atom. The number of rotatable bonds is 16. The molecule has 3 atom stereocenters. The van der Waals surface area contributed by atoms with E-state index in [1.165, 1.54) is 69.3 Å². The molecule has 0 amide bonds. The van der Waals surface area contributed by atoms with E-state index < -0.39 is 77.1 Å². The first-order valence-electron chi connectivity index (χ1n) is 24.7. The molecule has 0 aliphatic carbocycles. The van der Waals surface area contributed by atoms with Gasteiger partial charge in [-0.15, -0.1) is 0 Å². The fourth-order valence-electron chi connectivity index (χ4n) is 7.97. The second-order valence-electron chi connectivity index (χ2n) is 18.1. The Balaban J connectivity index is 0.000000407. The second kappa shape index (κ2) is 33.6. The molecule has 3 heterocycles. The minimum atomic E-state index is -4.60. The lowest BCUT2D eigenvalue weighted by atomic mass is 9.96. The molecule has 17 nitrogen and oxygen atoms in total. The van der Waals surface area contributed by atoms with Gasteiger partial charge in [0.1, 0.15) is 57.0 Å². The SMILES string of the molecule is CC(C)=CCOc1ccc(C(=S)N2CC[C@@H]2C(=O)O)cc1C(F)(F)F.CCCCOc1ccc(C(=S)N2CC[C@@H]2C(=O)O)cc1C(F)(F)F.NO.NO.NO.O=C(O)[C@H]1CCN1C(=S)c1ccc(CCc2cccc(F)c2)c(C(F)(F)F)c1. The number of nitrogens with two attached hydrogens (primary N) is 3. The van der Waals surface area contributed by atoms with Crippen LogP contribution in [0.3, 0.4) is 0 Å². The van der Waals surface area contributed by atoms with E-state index in [1.807, 2.05) is 20.8 Å². The summed E-state index contributed by atoms with van der Waals surface area (Å²) in [5.74, 6) is 6.44. The number of carboxylic acids is 3. The zero-order valence-electron chi connectivity index (χ0n) is 44.6. The highest BCUT2D eigenvalue weighted by molar-refractivity contribution is 7.81. The van der Waals surface area contributed by atoms with E-state index >= 15 is 0 Å². The Kier molecular flexibility index (Phi) is 29.3. The molecule has 0 unspecified atom stereocenters. The highest BCUT2D eigenvalue weighted by Gasteiger charge is 2.41. The van der Waals surface area contributed by atoms with E-state index in [0.717, 1.165) is 30.2 Å². The zero-order valence-corrected chi connectivity index (χ0v) is 47.1. The van der Waals surface area contributed by atoms with Crippen LogP contribution in [0, 0.1) is 5.82 Å². The molecule has 4 aromatic rings. The number of alkyl halides is 9. The maximum absolute atomic E-state index is 13.6. The van der Waals surface area contributed by atoms with Crippen LogP contribution in [0.4, 0.5) is 43.9 Å². The van der Waals surface area contributed by atoms with Crippen LogP contribution in [0.25, 0.3) is 0 Å². The summed E-state index contributed by atoms with van der Waals surface area (Å²) in [6.45, 7) is 7.03. The quantitative estimate of drug-likeness (QED) is 0.0166. The Bertz CT molecular complexity index is 2880. The normalized spacial score (nSPS) is 15.9. The van der Waals surface area contributed by atoms with Gasteiger partial charge in [-0.05, 0) is 124 Å². The van der Waals surface area contributed by atoms with Crippen molar-refractivity contribution >= 4 is 69.5 Å². The number of halogens is 10. The molecular formula is C53H62F10N6O11S3. The first kappa shape index (κ1) is 72.5. The van der Waals surface area contributed by atoms with Crippen LogP contribution in [-0.2, 0) is 45.8 Å². The van der Waals surface area contributed by atoms with Crippen molar-refractivity contribution in [3.05, 3.63) is 141 Å². The number of hydrogen-bond donors (Lipinski definition) is 9. The number of ether oxygens (including phenoxy) is 2. The Labute approximate surface area is 486 Å². The van der Waals surface area contributed by atoms with Gasteiger partial charge in [0.15, 0.2) is 0 Å². The van der Waals surface area contributed by atoms with Crippen molar-refractivity contribution < 1.29 is 98.7 Å². The minimum Gasteiger partial charge on any atom is -0.493 e. The fourth-order valence-corrected chi connectivity index (χ4v) is 9.00. The van der Waals surface area contributed by atoms with Gasteiger partial charge in [0.25, 0.3) is 0 Å². The first-order chi connectivity index (χ1) is 39.0. The summed E-state index contributed by atoms with van der Waals surface area (Å²) in [6.07, 6.45) is -8.99. The van der Waals surface area contributed by atoms with Crippen molar-refractivity contribution in [2.45, 2.75) is 102 Å². The fraction of sp³-hybridized carbons (Fsp3) is 0.396.